The lowest BCUT2D eigenvalue weighted by molar-refractivity contribution is -0.129. The molecular formula is C33H40N2O6S. The number of hydrogen-bond donors (Lipinski definition) is 1. The molecule has 0 spiro atoms. The maximum absolute atomic E-state index is 14.1. The molecule has 0 unspecified atom stereocenters. The van der Waals surface area contributed by atoms with Crippen molar-refractivity contribution in [3.8, 4) is 17.2 Å². The first kappa shape index (κ1) is 29.8. The maximum Gasteiger partial charge on any atom is 0.264 e. The van der Waals surface area contributed by atoms with Gasteiger partial charge >= 0.3 is 0 Å². The minimum atomic E-state index is -4.04. The Morgan fingerprint density at radius 2 is 1.71 bits per heavy atom. The molecule has 3 aromatic carbocycles. The van der Waals surface area contributed by atoms with Crippen molar-refractivity contribution in [2.75, 3.05) is 18.0 Å². The van der Waals surface area contributed by atoms with Crippen molar-refractivity contribution in [3.05, 3.63) is 77.9 Å². The second kappa shape index (κ2) is 11.2. The summed E-state index contributed by atoms with van der Waals surface area (Å²) in [6.45, 7) is 10.2. The summed E-state index contributed by atoms with van der Waals surface area (Å²) in [5.74, 6) is 1.27. The topological polar surface area (TPSA) is 94.2 Å². The van der Waals surface area contributed by atoms with Crippen molar-refractivity contribution in [3.63, 3.8) is 0 Å². The summed E-state index contributed by atoms with van der Waals surface area (Å²) in [5, 5.41) is 3.18. The van der Waals surface area contributed by atoms with Gasteiger partial charge in [-0.05, 0) is 66.3 Å². The van der Waals surface area contributed by atoms with Crippen molar-refractivity contribution >= 4 is 21.6 Å². The average molecular weight is 593 g/mol. The van der Waals surface area contributed by atoms with E-state index in [1.807, 2.05) is 36.4 Å². The molecule has 2 aliphatic rings. The van der Waals surface area contributed by atoms with Crippen molar-refractivity contribution in [2.45, 2.75) is 81.9 Å². The molecule has 0 aromatic heterocycles. The number of para-hydroxylation sites is 1. The zero-order valence-corrected chi connectivity index (χ0v) is 26.0. The Balaban J connectivity index is 1.50. The van der Waals surface area contributed by atoms with Crippen LogP contribution in [-0.4, -0.2) is 39.7 Å². The van der Waals surface area contributed by atoms with E-state index < -0.39 is 21.7 Å². The average Bonchev–Trinajstić information content (AvgIpc) is 2.99. The van der Waals surface area contributed by atoms with Crippen LogP contribution in [0.2, 0.25) is 0 Å². The number of carbonyl (C=O) groups is 1. The quantitative estimate of drug-likeness (QED) is 0.354. The van der Waals surface area contributed by atoms with Crippen molar-refractivity contribution in [1.82, 2.24) is 5.32 Å². The van der Waals surface area contributed by atoms with E-state index in [9.17, 15) is 13.2 Å². The zero-order valence-electron chi connectivity index (χ0n) is 25.1. The van der Waals surface area contributed by atoms with Gasteiger partial charge in [0.05, 0.1) is 30.3 Å². The molecule has 2 heterocycles. The molecule has 1 amide bonds. The molecule has 0 saturated carbocycles. The van der Waals surface area contributed by atoms with Gasteiger partial charge in [0, 0.05) is 12.0 Å². The van der Waals surface area contributed by atoms with Gasteiger partial charge in [0.2, 0.25) is 0 Å². The van der Waals surface area contributed by atoms with Gasteiger partial charge in [0.25, 0.3) is 15.9 Å². The van der Waals surface area contributed by atoms with Gasteiger partial charge in [-0.3, -0.25) is 9.10 Å². The lowest BCUT2D eigenvalue weighted by Crippen LogP contribution is -2.53. The van der Waals surface area contributed by atoms with E-state index in [4.69, 9.17) is 14.2 Å². The van der Waals surface area contributed by atoms with E-state index in [1.54, 1.807) is 18.2 Å². The summed E-state index contributed by atoms with van der Waals surface area (Å²) in [7, 11) is -2.51. The van der Waals surface area contributed by atoms with Crippen molar-refractivity contribution in [2.24, 2.45) is 0 Å². The van der Waals surface area contributed by atoms with E-state index in [1.165, 1.54) is 23.5 Å². The third-order valence-corrected chi connectivity index (χ3v) is 10.2. The number of rotatable bonds is 7. The summed E-state index contributed by atoms with van der Waals surface area (Å²) in [6.07, 6.45) is 1.14. The van der Waals surface area contributed by atoms with Crippen LogP contribution in [0.4, 0.5) is 5.69 Å². The monoisotopic (exact) mass is 592 g/mol. The maximum atomic E-state index is 14.1. The molecule has 0 aliphatic carbocycles. The number of hydrogen-bond acceptors (Lipinski definition) is 6. The fourth-order valence-electron chi connectivity index (χ4n) is 5.65. The Bertz CT molecular complexity index is 1560. The second-order valence-electron chi connectivity index (χ2n) is 12.0. The number of nitrogens with one attached hydrogen (secondary N) is 1. The second-order valence-corrected chi connectivity index (χ2v) is 13.9. The Kier molecular flexibility index (Phi) is 7.91. The van der Waals surface area contributed by atoms with Crippen molar-refractivity contribution in [1.29, 1.82) is 0 Å². The van der Waals surface area contributed by atoms with E-state index in [0.717, 1.165) is 29.7 Å². The summed E-state index contributed by atoms with van der Waals surface area (Å²) in [5.41, 5.74) is 1.64. The number of methoxy groups -OCH3 is 1. The predicted octanol–water partition coefficient (Wildman–Crippen LogP) is 6.15. The highest BCUT2D eigenvalue weighted by Crippen LogP contribution is 2.44. The molecule has 224 valence electrons. The summed E-state index contributed by atoms with van der Waals surface area (Å²) < 4.78 is 47.3. The number of amides is 1. The summed E-state index contributed by atoms with van der Waals surface area (Å²) >= 11 is 0. The van der Waals surface area contributed by atoms with Crippen LogP contribution >= 0.6 is 0 Å². The molecule has 8 nitrogen and oxygen atoms in total. The molecule has 9 heteroatoms. The number of carbonyl (C=O) groups excluding carboxylic acids is 1. The summed E-state index contributed by atoms with van der Waals surface area (Å²) in [6, 6.07) is 19.2. The lowest BCUT2D eigenvalue weighted by Gasteiger charge is -2.42. The fraction of sp³-hybridized carbons (Fsp3) is 0.424. The van der Waals surface area contributed by atoms with Crippen LogP contribution in [0.1, 0.15) is 71.0 Å². The Hall–Kier alpha value is -3.72. The molecular weight excluding hydrogens is 552 g/mol. The third-order valence-electron chi connectivity index (χ3n) is 8.44. The van der Waals surface area contributed by atoms with E-state index in [-0.39, 0.29) is 28.8 Å². The fourth-order valence-corrected chi connectivity index (χ4v) is 7.12. The standard InChI is InChI=1S/C33H40N2O6S/c1-7-33(8-2)20-26(25-11-9-10-12-28(25)41-33)34-31(36)30-21-35(42(37,38)24-16-14-23(39-6)15-17-24)27-19-22(32(3,4)5)13-18-29(27)40-30/h9-19,26,30H,7-8,20-21H2,1-6H3,(H,34,36)/t26-,30-/m0/s1. The number of benzene rings is 3. The van der Waals surface area contributed by atoms with Crippen LogP contribution in [0.25, 0.3) is 0 Å². The van der Waals surface area contributed by atoms with Gasteiger partial charge in [-0.15, -0.1) is 0 Å². The summed E-state index contributed by atoms with van der Waals surface area (Å²) in [4.78, 5) is 14.0. The number of anilines is 1. The largest absolute Gasteiger partial charge is 0.497 e. The molecule has 1 N–H and O–H groups in total. The Morgan fingerprint density at radius 1 is 1.02 bits per heavy atom. The minimum absolute atomic E-state index is 0.102. The van der Waals surface area contributed by atoms with Gasteiger partial charge in [0.1, 0.15) is 22.8 Å². The third kappa shape index (κ3) is 5.54. The molecule has 2 atom stereocenters. The molecule has 0 fully saturated rings. The molecule has 0 bridgehead atoms. The predicted molar refractivity (Wildman–Crippen MR) is 163 cm³/mol. The molecule has 0 saturated heterocycles. The van der Waals surface area contributed by atoms with Gasteiger partial charge in [-0.2, -0.15) is 0 Å². The van der Waals surface area contributed by atoms with Gasteiger partial charge < -0.3 is 19.5 Å². The van der Waals surface area contributed by atoms with Gasteiger partial charge in [0.15, 0.2) is 6.10 Å². The van der Waals surface area contributed by atoms with Crippen LogP contribution in [-0.2, 0) is 20.2 Å². The number of sulfonamides is 1. The highest BCUT2D eigenvalue weighted by molar-refractivity contribution is 7.92. The van der Waals surface area contributed by atoms with Gasteiger partial charge in [-0.25, -0.2) is 8.42 Å². The van der Waals surface area contributed by atoms with E-state index in [2.05, 4.69) is 39.9 Å². The smallest absolute Gasteiger partial charge is 0.264 e. The number of fused-ring (bicyclic) bond motifs is 2. The zero-order chi connectivity index (χ0) is 30.3. The molecule has 42 heavy (non-hydrogen) atoms. The van der Waals surface area contributed by atoms with Crippen molar-refractivity contribution < 1.29 is 27.4 Å². The lowest BCUT2D eigenvalue weighted by atomic mass is 9.83. The normalized spacial score (nSPS) is 19.5. The van der Waals surface area contributed by atoms with Crippen LogP contribution in [0.5, 0.6) is 17.2 Å². The number of ether oxygens (including phenoxy) is 3. The van der Waals surface area contributed by atoms with Crippen LogP contribution in [0, 0.1) is 0 Å². The first-order valence-electron chi connectivity index (χ1n) is 14.5. The Labute approximate surface area is 249 Å². The van der Waals surface area contributed by atoms with Crippen LogP contribution in [0.15, 0.2) is 71.6 Å². The minimum Gasteiger partial charge on any atom is -0.497 e. The van der Waals surface area contributed by atoms with E-state index in [0.29, 0.717) is 23.6 Å². The van der Waals surface area contributed by atoms with Crippen LogP contribution in [0.3, 0.4) is 0 Å². The highest BCUT2D eigenvalue weighted by atomic mass is 32.2. The SMILES string of the molecule is CCC1(CC)C[C@H](NC(=O)[C@@H]2CN(S(=O)(=O)c3ccc(OC)cc3)c3cc(C(C)(C)C)ccc3O2)c2ccccc2O1. The van der Waals surface area contributed by atoms with E-state index >= 15 is 0 Å². The molecule has 3 aromatic rings. The molecule has 2 aliphatic heterocycles. The first-order valence-corrected chi connectivity index (χ1v) is 15.9. The van der Waals surface area contributed by atoms with Gasteiger partial charge in [-0.1, -0.05) is 58.9 Å². The highest BCUT2D eigenvalue weighted by Gasteiger charge is 2.42. The Morgan fingerprint density at radius 3 is 2.36 bits per heavy atom. The first-order chi connectivity index (χ1) is 19.9. The van der Waals surface area contributed by atoms with Crippen LogP contribution < -0.4 is 23.8 Å². The number of nitrogens with zero attached hydrogens (tertiary/aromatic N) is 1. The molecule has 0 radical (unpaired) electrons. The molecule has 5 rings (SSSR count).